The van der Waals surface area contributed by atoms with E-state index in [0.717, 1.165) is 12.1 Å². The van der Waals surface area contributed by atoms with Crippen LogP contribution in [0.1, 0.15) is 25.3 Å². The zero-order valence-electron chi connectivity index (χ0n) is 16.5. The average molecular weight is 454 g/mol. The zero-order valence-corrected chi connectivity index (χ0v) is 17.2. The molecule has 0 aliphatic rings. The molecule has 0 aliphatic heterocycles. The summed E-state index contributed by atoms with van der Waals surface area (Å²) in [7, 11) is 0. The Bertz CT molecular complexity index is 1170. The number of hydrogen-bond donors (Lipinski definition) is 1. The van der Waals surface area contributed by atoms with Crippen LogP contribution in [0.5, 0.6) is 5.75 Å². The second-order valence-corrected chi connectivity index (χ2v) is 7.50. The molecule has 31 heavy (non-hydrogen) atoms. The van der Waals surface area contributed by atoms with Gasteiger partial charge in [0.15, 0.2) is 11.0 Å². The summed E-state index contributed by atoms with van der Waals surface area (Å²) in [5.74, 6) is -0.921. The summed E-state index contributed by atoms with van der Waals surface area (Å²) < 4.78 is 51.0. The molecule has 0 saturated carbocycles. The highest BCUT2D eigenvalue weighted by atomic mass is 35.5. The Hall–Kier alpha value is -3.00. The van der Waals surface area contributed by atoms with Crippen molar-refractivity contribution in [3.8, 4) is 17.1 Å². The van der Waals surface area contributed by atoms with Gasteiger partial charge in [0.2, 0.25) is 5.91 Å². The maximum atomic E-state index is 13.2. The summed E-state index contributed by atoms with van der Waals surface area (Å²) in [5.41, 5.74) is 4.23. The van der Waals surface area contributed by atoms with E-state index in [1.165, 1.54) is 12.1 Å². The van der Waals surface area contributed by atoms with Crippen LogP contribution in [0.3, 0.4) is 0 Å². The van der Waals surface area contributed by atoms with Crippen LogP contribution in [-0.4, -0.2) is 12.5 Å². The minimum Gasteiger partial charge on any atom is -0.493 e. The van der Waals surface area contributed by atoms with Crippen LogP contribution in [-0.2, 0) is 11.0 Å². The summed E-state index contributed by atoms with van der Waals surface area (Å²) in [6.45, 7) is 1.70. The van der Waals surface area contributed by atoms with Crippen molar-refractivity contribution in [1.29, 1.82) is 0 Å². The molecule has 0 spiro atoms. The molecular weight excluding hydrogens is 435 g/mol. The van der Waals surface area contributed by atoms with Gasteiger partial charge in [-0.05, 0) is 43.2 Å². The molecule has 0 bridgehead atoms. The Kier molecular flexibility index (Phi) is 6.59. The first-order chi connectivity index (χ1) is 14.6. The molecule has 2 N–H and O–H groups in total. The van der Waals surface area contributed by atoms with E-state index in [1.807, 2.05) is 0 Å². The van der Waals surface area contributed by atoms with Gasteiger partial charge in [-0.15, -0.1) is 0 Å². The predicted molar refractivity (Wildman–Crippen MR) is 111 cm³/mol. The van der Waals surface area contributed by atoms with Crippen LogP contribution in [0.15, 0.2) is 51.7 Å². The second kappa shape index (κ2) is 9.01. The number of rotatable bonds is 7. The molecule has 0 saturated heterocycles. The largest absolute Gasteiger partial charge is 0.493 e. The van der Waals surface area contributed by atoms with Gasteiger partial charge >= 0.3 is 6.18 Å². The Labute approximate surface area is 180 Å². The highest BCUT2D eigenvalue weighted by Gasteiger charge is 2.31. The van der Waals surface area contributed by atoms with Crippen LogP contribution >= 0.6 is 11.6 Å². The quantitative estimate of drug-likeness (QED) is 0.485. The second-order valence-electron chi connectivity index (χ2n) is 7.09. The fraction of sp³-hybridized carbons (Fsp3) is 0.273. The van der Waals surface area contributed by atoms with E-state index in [-0.39, 0.29) is 51.0 Å². The first-order valence-corrected chi connectivity index (χ1v) is 9.82. The van der Waals surface area contributed by atoms with Gasteiger partial charge in [0.1, 0.15) is 11.5 Å². The molecule has 164 valence electrons. The van der Waals surface area contributed by atoms with Gasteiger partial charge < -0.3 is 14.9 Å². The van der Waals surface area contributed by atoms with Crippen LogP contribution in [0.4, 0.5) is 13.2 Å². The van der Waals surface area contributed by atoms with Gasteiger partial charge in [-0.1, -0.05) is 24.6 Å². The maximum Gasteiger partial charge on any atom is 0.416 e. The van der Waals surface area contributed by atoms with Gasteiger partial charge in [0.25, 0.3) is 0 Å². The predicted octanol–water partition coefficient (Wildman–Crippen LogP) is 5.41. The number of benzene rings is 2. The molecule has 0 radical (unpaired) electrons. The number of ether oxygens (including phenoxy) is 1. The third-order valence-corrected chi connectivity index (χ3v) is 5.10. The summed E-state index contributed by atoms with van der Waals surface area (Å²) >= 11 is 6.12. The Morgan fingerprint density at radius 2 is 1.97 bits per heavy atom. The number of carbonyl (C=O) groups is 1. The third-order valence-electron chi connectivity index (χ3n) is 4.81. The van der Waals surface area contributed by atoms with Crippen molar-refractivity contribution >= 4 is 28.5 Å². The van der Waals surface area contributed by atoms with Gasteiger partial charge in [-0.3, -0.25) is 9.59 Å². The van der Waals surface area contributed by atoms with E-state index in [4.69, 9.17) is 26.5 Å². The van der Waals surface area contributed by atoms with Crippen molar-refractivity contribution in [2.75, 3.05) is 6.61 Å². The van der Waals surface area contributed by atoms with Crippen molar-refractivity contribution in [1.82, 2.24) is 0 Å². The summed E-state index contributed by atoms with van der Waals surface area (Å²) in [4.78, 5) is 23.6. The molecule has 3 rings (SSSR count). The van der Waals surface area contributed by atoms with Gasteiger partial charge in [0.05, 0.1) is 28.1 Å². The molecule has 1 heterocycles. The Morgan fingerprint density at radius 3 is 2.65 bits per heavy atom. The molecule has 1 unspecified atom stereocenters. The van der Waals surface area contributed by atoms with Crippen LogP contribution < -0.4 is 15.9 Å². The number of alkyl halides is 3. The average Bonchev–Trinajstić information content (AvgIpc) is 2.70. The Morgan fingerprint density at radius 1 is 1.23 bits per heavy atom. The number of carbonyl (C=O) groups excluding carboxylic acids is 1. The molecule has 0 fully saturated rings. The monoisotopic (exact) mass is 453 g/mol. The normalized spacial score (nSPS) is 12.7. The Balaban J connectivity index is 1.99. The topological polar surface area (TPSA) is 82.5 Å². The highest BCUT2D eigenvalue weighted by Crippen LogP contribution is 2.38. The number of nitrogens with two attached hydrogens (primary N) is 1. The van der Waals surface area contributed by atoms with Crippen molar-refractivity contribution < 1.29 is 27.1 Å². The SMILES string of the molecule is CC(CCCOc1cc(C(F)(F)F)ccc1-c1cc(=O)c2cccc(Cl)c2o1)C(N)=O. The van der Waals surface area contributed by atoms with Crippen molar-refractivity contribution in [2.24, 2.45) is 11.7 Å². The van der Waals surface area contributed by atoms with Gasteiger partial charge in [-0.25, -0.2) is 0 Å². The van der Waals surface area contributed by atoms with E-state index in [2.05, 4.69) is 0 Å². The lowest BCUT2D eigenvalue weighted by molar-refractivity contribution is -0.137. The number of para-hydroxylation sites is 1. The van der Waals surface area contributed by atoms with E-state index in [9.17, 15) is 22.8 Å². The molecule has 9 heteroatoms. The van der Waals surface area contributed by atoms with E-state index >= 15 is 0 Å². The fourth-order valence-corrected chi connectivity index (χ4v) is 3.22. The number of halogens is 4. The maximum absolute atomic E-state index is 13.2. The molecule has 1 aromatic heterocycles. The molecular formula is C22H19ClF3NO4. The minimum atomic E-state index is -4.58. The lowest BCUT2D eigenvalue weighted by Crippen LogP contribution is -2.20. The van der Waals surface area contributed by atoms with Crippen molar-refractivity contribution in [3.05, 3.63) is 63.3 Å². The van der Waals surface area contributed by atoms with Crippen LogP contribution in [0, 0.1) is 5.92 Å². The first kappa shape index (κ1) is 22.7. The molecule has 5 nitrogen and oxygen atoms in total. The number of fused-ring (bicyclic) bond motifs is 1. The first-order valence-electron chi connectivity index (χ1n) is 9.44. The fourth-order valence-electron chi connectivity index (χ4n) is 3.01. The molecule has 1 amide bonds. The van der Waals surface area contributed by atoms with E-state index < -0.39 is 17.6 Å². The van der Waals surface area contributed by atoms with Crippen molar-refractivity contribution in [3.63, 3.8) is 0 Å². The summed E-state index contributed by atoms with van der Waals surface area (Å²) in [5, 5.41) is 0.456. The van der Waals surface area contributed by atoms with Crippen LogP contribution in [0.2, 0.25) is 5.02 Å². The third kappa shape index (κ3) is 5.19. The number of hydrogen-bond acceptors (Lipinski definition) is 4. The standard InChI is InChI=1S/C22H19ClF3NO4/c1-12(21(27)29)4-3-9-30-18-10-13(22(24,25)26)7-8-15(18)19-11-17(28)14-5-2-6-16(23)20(14)31-19/h2,5-8,10-12H,3-4,9H2,1H3,(H2,27,29). The highest BCUT2D eigenvalue weighted by molar-refractivity contribution is 6.34. The van der Waals surface area contributed by atoms with E-state index in [1.54, 1.807) is 25.1 Å². The molecule has 2 aromatic carbocycles. The van der Waals surface area contributed by atoms with Crippen LogP contribution in [0.25, 0.3) is 22.3 Å². The zero-order chi connectivity index (χ0) is 22.8. The van der Waals surface area contributed by atoms with Gasteiger partial charge in [0, 0.05) is 12.0 Å². The molecule has 1 atom stereocenters. The molecule has 0 aliphatic carbocycles. The smallest absolute Gasteiger partial charge is 0.416 e. The number of amides is 1. The van der Waals surface area contributed by atoms with Gasteiger partial charge in [-0.2, -0.15) is 13.2 Å². The number of primary amides is 1. The molecule has 3 aromatic rings. The lowest BCUT2D eigenvalue weighted by atomic mass is 10.1. The summed E-state index contributed by atoms with van der Waals surface area (Å²) in [6.07, 6.45) is -3.76. The lowest BCUT2D eigenvalue weighted by Gasteiger charge is -2.15. The van der Waals surface area contributed by atoms with Crippen molar-refractivity contribution in [2.45, 2.75) is 25.9 Å². The van der Waals surface area contributed by atoms with E-state index in [0.29, 0.717) is 12.8 Å². The summed E-state index contributed by atoms with van der Waals surface area (Å²) in [6, 6.07) is 8.79. The minimum absolute atomic E-state index is 0.0276.